The molecule has 0 atom stereocenters. The van der Waals surface area contributed by atoms with E-state index in [9.17, 15) is 0 Å². The molecule has 0 fully saturated rings. The fraction of sp³-hybridized carbons (Fsp3) is 0.0455. The number of para-hydroxylation sites is 4. The Kier molecular flexibility index (Phi) is 6.59. The molecule has 1 aliphatic heterocycles. The summed E-state index contributed by atoms with van der Waals surface area (Å²) in [6.45, 7) is 4.97. The van der Waals surface area contributed by atoms with Gasteiger partial charge in [0.05, 0.1) is 5.69 Å². The van der Waals surface area contributed by atoms with Crippen LogP contribution in [-0.2, 0) is 0 Å². The van der Waals surface area contributed by atoms with Crippen LogP contribution in [0, 0.1) is 0 Å². The Hall–Kier alpha value is -5.84. The number of anilines is 6. The van der Waals surface area contributed by atoms with Gasteiger partial charge in [-0.1, -0.05) is 110 Å². The van der Waals surface area contributed by atoms with Gasteiger partial charge in [0.15, 0.2) is 0 Å². The van der Waals surface area contributed by atoms with E-state index in [0.29, 0.717) is 0 Å². The first-order valence-electron chi connectivity index (χ1n) is 16.5. The Morgan fingerprint density at radius 1 is 0.417 bits per heavy atom. The summed E-state index contributed by atoms with van der Waals surface area (Å²) < 4.78 is 7.02. The molecule has 0 N–H and O–H groups in total. The minimum Gasteiger partial charge on any atom is -0.456 e. The van der Waals surface area contributed by atoms with Crippen molar-refractivity contribution < 1.29 is 4.42 Å². The molecule has 0 amide bonds. The van der Waals surface area contributed by atoms with Crippen LogP contribution < -0.4 is 20.2 Å². The number of nitrogens with zero attached hydrogens (tertiary/aromatic N) is 2. The molecule has 0 radical (unpaired) electrons. The second-order valence-corrected chi connectivity index (χ2v) is 17.2. The molecule has 1 aliphatic rings. The van der Waals surface area contributed by atoms with E-state index in [1.54, 1.807) is 0 Å². The van der Waals surface area contributed by atoms with E-state index >= 15 is 0 Å². The third kappa shape index (κ3) is 4.41. The van der Waals surface area contributed by atoms with Gasteiger partial charge in [-0.15, -0.1) is 0 Å². The quantitative estimate of drug-likeness (QED) is 0.170. The monoisotopic (exact) mass is 634 g/mol. The standard InChI is InChI=1S/C44H34N2OSi/c1-48(2)43-37-26-16-15-25-36(37)40(46(33-21-11-5-12-22-33)34-23-13-6-14-24-34)30-39(43)42-44(48)38-28-27-35(29-41(38)47-42)45(31-17-7-3-8-18-31)32-19-9-4-10-20-32/h3-30H,1-2H3. The van der Waals surface area contributed by atoms with Gasteiger partial charge in [0.2, 0.25) is 0 Å². The van der Waals surface area contributed by atoms with Crippen LogP contribution in [0.2, 0.25) is 13.1 Å². The maximum absolute atomic E-state index is 7.02. The fourth-order valence-corrected chi connectivity index (χ4v) is 11.4. The molecule has 2 heterocycles. The minimum absolute atomic E-state index is 0.929. The Morgan fingerprint density at radius 3 is 1.44 bits per heavy atom. The first-order chi connectivity index (χ1) is 23.6. The molecule has 0 saturated carbocycles. The zero-order valence-corrected chi connectivity index (χ0v) is 28.0. The highest BCUT2D eigenvalue weighted by atomic mass is 28.3. The van der Waals surface area contributed by atoms with E-state index in [0.717, 1.165) is 45.5 Å². The van der Waals surface area contributed by atoms with Crippen molar-refractivity contribution in [2.45, 2.75) is 13.1 Å². The van der Waals surface area contributed by atoms with Crippen LogP contribution in [0.15, 0.2) is 174 Å². The first kappa shape index (κ1) is 28.4. The summed E-state index contributed by atoms with van der Waals surface area (Å²) >= 11 is 0. The van der Waals surface area contributed by atoms with Crippen LogP contribution in [0.1, 0.15) is 0 Å². The molecule has 48 heavy (non-hydrogen) atoms. The number of furan rings is 1. The minimum atomic E-state index is -2.17. The number of hydrogen-bond acceptors (Lipinski definition) is 3. The lowest BCUT2D eigenvalue weighted by atomic mass is 10.0. The Bertz CT molecular complexity index is 2340. The zero-order valence-electron chi connectivity index (χ0n) is 27.0. The summed E-state index contributed by atoms with van der Waals surface area (Å²) in [5.41, 5.74) is 8.84. The van der Waals surface area contributed by atoms with E-state index in [1.165, 1.54) is 32.1 Å². The van der Waals surface area contributed by atoms with Crippen molar-refractivity contribution in [2.75, 3.05) is 9.80 Å². The summed E-state index contributed by atoms with van der Waals surface area (Å²) in [5.74, 6) is 1.02. The van der Waals surface area contributed by atoms with Crippen molar-refractivity contribution in [3.63, 3.8) is 0 Å². The molecule has 8 aromatic rings. The van der Waals surface area contributed by atoms with E-state index in [2.05, 4.69) is 193 Å². The van der Waals surface area contributed by atoms with Gasteiger partial charge in [-0.2, -0.15) is 0 Å². The van der Waals surface area contributed by atoms with Crippen LogP contribution >= 0.6 is 0 Å². The van der Waals surface area contributed by atoms with E-state index in [1.807, 2.05) is 0 Å². The number of rotatable bonds is 6. The lowest BCUT2D eigenvalue weighted by molar-refractivity contribution is 0.635. The van der Waals surface area contributed by atoms with Crippen molar-refractivity contribution in [2.24, 2.45) is 0 Å². The highest BCUT2D eigenvalue weighted by Crippen LogP contribution is 2.45. The molecule has 1 aromatic heterocycles. The molecule has 0 saturated heterocycles. The van der Waals surface area contributed by atoms with Crippen LogP contribution in [-0.4, -0.2) is 8.07 Å². The molecule has 0 spiro atoms. The van der Waals surface area contributed by atoms with Crippen molar-refractivity contribution in [3.8, 4) is 11.3 Å². The summed E-state index contributed by atoms with van der Waals surface area (Å²) in [4.78, 5) is 4.68. The van der Waals surface area contributed by atoms with Crippen LogP contribution in [0.25, 0.3) is 33.1 Å². The van der Waals surface area contributed by atoms with Crippen molar-refractivity contribution in [3.05, 3.63) is 170 Å². The van der Waals surface area contributed by atoms with Gasteiger partial charge in [-0.25, -0.2) is 0 Å². The molecule has 9 rings (SSSR count). The second-order valence-electron chi connectivity index (χ2n) is 13.0. The lowest BCUT2D eigenvalue weighted by Gasteiger charge is -2.29. The lowest BCUT2D eigenvalue weighted by Crippen LogP contribution is -2.49. The van der Waals surface area contributed by atoms with Gasteiger partial charge in [-0.3, -0.25) is 0 Å². The second kappa shape index (κ2) is 11.1. The van der Waals surface area contributed by atoms with Gasteiger partial charge in [0, 0.05) is 50.8 Å². The highest BCUT2D eigenvalue weighted by molar-refractivity contribution is 7.06. The number of hydrogen-bond donors (Lipinski definition) is 0. The largest absolute Gasteiger partial charge is 0.456 e. The van der Waals surface area contributed by atoms with Crippen molar-refractivity contribution in [1.82, 2.24) is 0 Å². The Morgan fingerprint density at radius 2 is 0.896 bits per heavy atom. The normalized spacial score (nSPS) is 13.0. The third-order valence-electron chi connectivity index (χ3n) is 9.75. The van der Waals surface area contributed by atoms with Crippen LogP contribution in [0.4, 0.5) is 34.1 Å². The summed E-state index contributed by atoms with van der Waals surface area (Å²) in [7, 11) is -2.17. The third-order valence-corrected chi connectivity index (χ3v) is 13.3. The van der Waals surface area contributed by atoms with Gasteiger partial charge in [0.1, 0.15) is 19.4 Å². The van der Waals surface area contributed by atoms with Gasteiger partial charge >= 0.3 is 0 Å². The molecular formula is C44H34N2OSi. The average molecular weight is 635 g/mol. The Labute approximate surface area is 281 Å². The topological polar surface area (TPSA) is 19.6 Å². The molecule has 0 unspecified atom stereocenters. The number of benzene rings is 7. The predicted octanol–water partition coefficient (Wildman–Crippen LogP) is 11.3. The average Bonchev–Trinajstić information content (AvgIpc) is 3.63. The van der Waals surface area contributed by atoms with Crippen molar-refractivity contribution >= 4 is 74.3 Å². The fourth-order valence-electron chi connectivity index (χ4n) is 7.74. The maximum atomic E-state index is 7.02. The molecule has 3 nitrogen and oxygen atoms in total. The summed E-state index contributed by atoms with van der Waals surface area (Å²) in [6.07, 6.45) is 0. The SMILES string of the molecule is C[Si]1(C)c2c(oc3cc(N(c4ccccc4)c4ccccc4)ccc23)-c2cc(N(c3ccccc3)c3ccccc3)c3ccccc3c21. The molecule has 0 aliphatic carbocycles. The molecule has 4 heteroatoms. The summed E-state index contributed by atoms with van der Waals surface area (Å²) in [5, 5.41) is 6.63. The predicted molar refractivity (Wildman–Crippen MR) is 205 cm³/mol. The molecule has 230 valence electrons. The van der Waals surface area contributed by atoms with Gasteiger partial charge < -0.3 is 14.2 Å². The molecular weight excluding hydrogens is 601 g/mol. The van der Waals surface area contributed by atoms with E-state index < -0.39 is 8.07 Å². The smallest absolute Gasteiger partial charge is 0.136 e. The first-order valence-corrected chi connectivity index (χ1v) is 19.5. The van der Waals surface area contributed by atoms with Crippen molar-refractivity contribution in [1.29, 1.82) is 0 Å². The summed E-state index contributed by atoms with van der Waals surface area (Å²) in [6, 6.07) is 60.5. The zero-order chi connectivity index (χ0) is 32.2. The van der Waals surface area contributed by atoms with Gasteiger partial charge in [-0.05, 0) is 82.5 Å². The molecule has 0 bridgehead atoms. The Balaban J connectivity index is 1.27. The molecule has 7 aromatic carbocycles. The highest BCUT2D eigenvalue weighted by Gasteiger charge is 2.44. The number of fused-ring (bicyclic) bond motifs is 7. The van der Waals surface area contributed by atoms with Crippen LogP contribution in [0.3, 0.4) is 0 Å². The van der Waals surface area contributed by atoms with Crippen LogP contribution in [0.5, 0.6) is 0 Å². The van der Waals surface area contributed by atoms with Gasteiger partial charge in [0.25, 0.3) is 0 Å². The van der Waals surface area contributed by atoms with E-state index in [4.69, 9.17) is 4.42 Å². The van der Waals surface area contributed by atoms with E-state index in [-0.39, 0.29) is 0 Å². The maximum Gasteiger partial charge on any atom is 0.136 e.